The van der Waals surface area contributed by atoms with Crippen LogP contribution in [-0.2, 0) is 28.6 Å². The largest absolute Gasteiger partial charge is 0.462 e. The molecule has 0 rings (SSSR count). The van der Waals surface area contributed by atoms with Crippen LogP contribution in [0.25, 0.3) is 0 Å². The van der Waals surface area contributed by atoms with Crippen molar-refractivity contribution in [2.24, 2.45) is 0 Å². The van der Waals surface area contributed by atoms with Gasteiger partial charge in [-0.2, -0.15) is 0 Å². The van der Waals surface area contributed by atoms with Gasteiger partial charge >= 0.3 is 17.9 Å². The lowest BCUT2D eigenvalue weighted by Gasteiger charge is -2.18. The molecule has 6 heteroatoms. The number of esters is 3. The lowest BCUT2D eigenvalue weighted by molar-refractivity contribution is -0.167. The molecule has 0 saturated carbocycles. The molecule has 0 aromatic rings. The molecule has 1 atom stereocenters. The maximum absolute atomic E-state index is 13.0. The monoisotopic (exact) mass is 1160 g/mol. The van der Waals surface area contributed by atoms with Gasteiger partial charge in [0, 0.05) is 19.3 Å². The van der Waals surface area contributed by atoms with E-state index in [1.165, 1.54) is 199 Å². The Balaban J connectivity index is 4.36. The number of ether oxygens (including phenoxy) is 3. The van der Waals surface area contributed by atoms with Gasteiger partial charge < -0.3 is 14.2 Å². The SMILES string of the molecule is CC/C=C\C/C=C\C/C=C\C/C=C\C/C=C\C/C=C\CCCCCCCCCCC(=O)OCC(COC(=O)CCCCCCCCC/C=C\C/C=C\CCCCC)OC(=O)CCCCCCCCCCCCCCCCCCCCCCC. The number of carbonyl (C=O) groups excluding carboxylic acids is 3. The van der Waals surface area contributed by atoms with Gasteiger partial charge in [0.05, 0.1) is 0 Å². The Bertz CT molecular complexity index is 1610. The Morgan fingerprint density at radius 2 is 0.470 bits per heavy atom. The summed E-state index contributed by atoms with van der Waals surface area (Å²) in [6.45, 7) is 6.54. The molecule has 0 amide bonds. The molecule has 0 aliphatic rings. The molecule has 0 radical (unpaired) electrons. The number of allylic oxidation sites excluding steroid dienone is 16. The van der Waals surface area contributed by atoms with Crippen molar-refractivity contribution in [1.82, 2.24) is 0 Å². The average molecular weight is 1160 g/mol. The van der Waals surface area contributed by atoms with Crippen molar-refractivity contribution in [3.05, 3.63) is 97.2 Å². The number of rotatable bonds is 65. The van der Waals surface area contributed by atoms with Crippen LogP contribution >= 0.6 is 0 Å². The first-order chi connectivity index (χ1) is 41.0. The molecule has 0 aromatic carbocycles. The Kier molecular flexibility index (Phi) is 67.7. The van der Waals surface area contributed by atoms with Crippen molar-refractivity contribution >= 4 is 17.9 Å². The zero-order chi connectivity index (χ0) is 59.9. The third-order valence-corrected chi connectivity index (χ3v) is 15.6. The van der Waals surface area contributed by atoms with E-state index in [1.807, 2.05) is 0 Å². The van der Waals surface area contributed by atoms with Crippen molar-refractivity contribution in [3.63, 3.8) is 0 Å². The van der Waals surface area contributed by atoms with Crippen molar-refractivity contribution < 1.29 is 28.6 Å². The smallest absolute Gasteiger partial charge is 0.306 e. The second-order valence-electron chi connectivity index (χ2n) is 23.8. The summed E-state index contributed by atoms with van der Waals surface area (Å²) in [4.78, 5) is 38.5. The minimum absolute atomic E-state index is 0.0811. The molecule has 0 aliphatic heterocycles. The van der Waals surface area contributed by atoms with Gasteiger partial charge in [-0.1, -0.05) is 330 Å². The molecule has 0 N–H and O–H groups in total. The molecular weight excluding hydrogens is 1020 g/mol. The van der Waals surface area contributed by atoms with Gasteiger partial charge in [0.25, 0.3) is 0 Å². The van der Waals surface area contributed by atoms with Crippen LogP contribution < -0.4 is 0 Å². The Morgan fingerprint density at radius 1 is 0.253 bits per heavy atom. The van der Waals surface area contributed by atoms with E-state index in [0.29, 0.717) is 19.3 Å². The topological polar surface area (TPSA) is 78.9 Å². The maximum Gasteiger partial charge on any atom is 0.306 e. The predicted octanol–water partition coefficient (Wildman–Crippen LogP) is 24.8. The fourth-order valence-corrected chi connectivity index (χ4v) is 10.2. The average Bonchev–Trinajstić information content (AvgIpc) is 3.49. The highest BCUT2D eigenvalue weighted by Crippen LogP contribution is 2.18. The van der Waals surface area contributed by atoms with Crippen LogP contribution in [-0.4, -0.2) is 37.2 Å². The van der Waals surface area contributed by atoms with Gasteiger partial charge in [-0.3, -0.25) is 14.4 Å². The number of carbonyl (C=O) groups is 3. The first-order valence-corrected chi connectivity index (χ1v) is 35.7. The van der Waals surface area contributed by atoms with E-state index in [2.05, 4.69) is 118 Å². The molecular formula is C77H134O6. The van der Waals surface area contributed by atoms with Crippen LogP contribution in [0.3, 0.4) is 0 Å². The van der Waals surface area contributed by atoms with E-state index >= 15 is 0 Å². The molecule has 0 heterocycles. The summed E-state index contributed by atoms with van der Waals surface area (Å²) in [6, 6.07) is 0. The summed E-state index contributed by atoms with van der Waals surface area (Å²) in [6.07, 6.45) is 95.7. The first-order valence-electron chi connectivity index (χ1n) is 35.7. The highest BCUT2D eigenvalue weighted by Gasteiger charge is 2.19. The molecule has 0 bridgehead atoms. The highest BCUT2D eigenvalue weighted by molar-refractivity contribution is 5.71. The van der Waals surface area contributed by atoms with E-state index in [0.717, 1.165) is 116 Å². The van der Waals surface area contributed by atoms with Gasteiger partial charge in [0.1, 0.15) is 13.2 Å². The summed E-state index contributed by atoms with van der Waals surface area (Å²) in [7, 11) is 0. The van der Waals surface area contributed by atoms with Crippen LogP contribution in [0.1, 0.15) is 355 Å². The fraction of sp³-hybridized carbons (Fsp3) is 0.753. The summed E-state index contributed by atoms with van der Waals surface area (Å²) in [5, 5.41) is 0. The van der Waals surface area contributed by atoms with Crippen LogP contribution in [0.4, 0.5) is 0 Å². The lowest BCUT2D eigenvalue weighted by atomic mass is 10.0. The molecule has 83 heavy (non-hydrogen) atoms. The van der Waals surface area contributed by atoms with Crippen molar-refractivity contribution in [2.75, 3.05) is 13.2 Å². The quantitative estimate of drug-likeness (QED) is 0.0261. The van der Waals surface area contributed by atoms with E-state index < -0.39 is 6.10 Å². The molecule has 6 nitrogen and oxygen atoms in total. The Hall–Kier alpha value is -3.67. The number of hydrogen-bond acceptors (Lipinski definition) is 6. The van der Waals surface area contributed by atoms with Crippen LogP contribution in [0.5, 0.6) is 0 Å². The third-order valence-electron chi connectivity index (χ3n) is 15.6. The van der Waals surface area contributed by atoms with Crippen molar-refractivity contribution in [3.8, 4) is 0 Å². The second kappa shape index (κ2) is 70.8. The molecule has 0 fully saturated rings. The van der Waals surface area contributed by atoms with Crippen LogP contribution in [0.2, 0.25) is 0 Å². The van der Waals surface area contributed by atoms with Crippen LogP contribution in [0.15, 0.2) is 97.2 Å². The van der Waals surface area contributed by atoms with Gasteiger partial charge in [0.2, 0.25) is 0 Å². The fourth-order valence-electron chi connectivity index (χ4n) is 10.2. The number of unbranched alkanes of at least 4 members (excludes halogenated alkanes) is 38. The molecule has 0 aromatic heterocycles. The standard InChI is InChI=1S/C77H134O6/c1-4-7-10-13-16-19-22-25-28-31-33-35-36-37-38-39-40-42-43-46-49-52-55-58-61-64-67-70-76(79)82-73-74(72-81-75(78)69-66-63-60-57-54-51-48-45-30-27-24-21-18-15-12-9-6-3)83-77(80)71-68-65-62-59-56-53-50-47-44-41-34-32-29-26-23-20-17-14-11-8-5-2/h7,10,16,18-19,21,25,27-28,30,33,35,37-38,40,42,74H,4-6,8-9,11-15,17,20,22-24,26,29,31-32,34,36,39,41,43-73H2,1-3H3/b10-7-,19-16-,21-18-,28-25-,30-27-,35-33-,38-37-,42-40-. The number of hydrogen-bond donors (Lipinski definition) is 0. The maximum atomic E-state index is 13.0. The van der Waals surface area contributed by atoms with E-state index in [9.17, 15) is 14.4 Å². The van der Waals surface area contributed by atoms with E-state index in [1.54, 1.807) is 0 Å². The molecule has 0 aliphatic carbocycles. The lowest BCUT2D eigenvalue weighted by Crippen LogP contribution is -2.30. The minimum Gasteiger partial charge on any atom is -0.462 e. The normalized spacial score (nSPS) is 12.7. The Labute approximate surface area is 515 Å². The summed E-state index contributed by atoms with van der Waals surface area (Å²) in [5.41, 5.74) is 0. The van der Waals surface area contributed by atoms with Gasteiger partial charge in [-0.05, 0) is 103 Å². The predicted molar refractivity (Wildman–Crippen MR) is 362 cm³/mol. The van der Waals surface area contributed by atoms with Crippen molar-refractivity contribution in [1.29, 1.82) is 0 Å². The molecule has 0 spiro atoms. The third kappa shape index (κ3) is 69.0. The summed E-state index contributed by atoms with van der Waals surface area (Å²) >= 11 is 0. The Morgan fingerprint density at radius 3 is 0.759 bits per heavy atom. The molecule has 1 unspecified atom stereocenters. The zero-order valence-corrected chi connectivity index (χ0v) is 54.9. The van der Waals surface area contributed by atoms with E-state index in [-0.39, 0.29) is 31.1 Å². The minimum atomic E-state index is -0.786. The summed E-state index contributed by atoms with van der Waals surface area (Å²) in [5.74, 6) is -0.877. The van der Waals surface area contributed by atoms with Crippen molar-refractivity contribution in [2.45, 2.75) is 361 Å². The highest BCUT2D eigenvalue weighted by atomic mass is 16.6. The summed E-state index contributed by atoms with van der Waals surface area (Å²) < 4.78 is 17.0. The van der Waals surface area contributed by atoms with Gasteiger partial charge in [-0.15, -0.1) is 0 Å². The van der Waals surface area contributed by atoms with Gasteiger partial charge in [-0.25, -0.2) is 0 Å². The van der Waals surface area contributed by atoms with Gasteiger partial charge in [0.15, 0.2) is 6.10 Å². The second-order valence-corrected chi connectivity index (χ2v) is 23.8. The van der Waals surface area contributed by atoms with E-state index in [4.69, 9.17) is 14.2 Å². The van der Waals surface area contributed by atoms with Crippen LogP contribution in [0, 0.1) is 0 Å². The molecule has 0 saturated heterocycles. The molecule has 478 valence electrons. The first kappa shape index (κ1) is 79.3. The zero-order valence-electron chi connectivity index (χ0n) is 54.9.